The summed E-state index contributed by atoms with van der Waals surface area (Å²) in [5, 5.41) is 9.60. The van der Waals surface area contributed by atoms with Gasteiger partial charge in [0, 0.05) is 11.6 Å². The molecule has 0 aliphatic carbocycles. The lowest BCUT2D eigenvalue weighted by atomic mass is 9.97. The maximum atomic E-state index is 9.60. The van der Waals surface area contributed by atoms with Gasteiger partial charge in [0.05, 0.1) is 4.47 Å². The Balaban J connectivity index is 2.28. The van der Waals surface area contributed by atoms with Gasteiger partial charge in [-0.05, 0) is 33.1 Å². The number of rotatable bonds is 0. The van der Waals surface area contributed by atoms with Crippen LogP contribution in [0, 0.1) is 0 Å². The van der Waals surface area contributed by atoms with E-state index >= 15 is 0 Å². The summed E-state index contributed by atoms with van der Waals surface area (Å²) in [7, 11) is 0. The average molecular weight is 277 g/mol. The molecule has 0 amide bonds. The fourth-order valence-electron chi connectivity index (χ4n) is 1.94. The third kappa shape index (κ3) is 1.39. The van der Waals surface area contributed by atoms with Gasteiger partial charge < -0.3 is 9.84 Å². The molecule has 3 rings (SSSR count). The Morgan fingerprint density at radius 2 is 1.94 bits per heavy atom. The van der Waals surface area contributed by atoms with E-state index in [-0.39, 0.29) is 5.75 Å². The second-order valence-corrected chi connectivity index (χ2v) is 4.60. The lowest BCUT2D eigenvalue weighted by molar-refractivity contribution is 0.300. The highest BCUT2D eigenvalue weighted by molar-refractivity contribution is 9.10. The summed E-state index contributed by atoms with van der Waals surface area (Å²) in [5.74, 6) is 0.942. The van der Waals surface area contributed by atoms with Crippen LogP contribution in [0.15, 0.2) is 40.9 Å². The van der Waals surface area contributed by atoms with Crippen LogP contribution in [0.2, 0.25) is 0 Å². The topological polar surface area (TPSA) is 29.5 Å². The molecule has 3 heteroatoms. The number of benzene rings is 2. The zero-order chi connectivity index (χ0) is 11.1. The smallest absolute Gasteiger partial charge is 0.133 e. The van der Waals surface area contributed by atoms with Gasteiger partial charge in [0.15, 0.2) is 0 Å². The molecule has 0 bridgehead atoms. The molecule has 1 N–H and O–H groups in total. The molecule has 2 aromatic rings. The van der Waals surface area contributed by atoms with Crippen molar-refractivity contribution in [3.05, 3.63) is 46.4 Å². The second kappa shape index (κ2) is 3.52. The Hall–Kier alpha value is -1.48. The van der Waals surface area contributed by atoms with Gasteiger partial charge in [-0.1, -0.05) is 24.3 Å². The van der Waals surface area contributed by atoms with Gasteiger partial charge in [-0.25, -0.2) is 0 Å². The van der Waals surface area contributed by atoms with Crippen molar-refractivity contribution in [3.8, 4) is 22.6 Å². The van der Waals surface area contributed by atoms with E-state index in [9.17, 15) is 5.11 Å². The third-order valence-electron chi connectivity index (χ3n) is 2.74. The van der Waals surface area contributed by atoms with E-state index < -0.39 is 0 Å². The average Bonchev–Trinajstić information content (AvgIpc) is 2.31. The van der Waals surface area contributed by atoms with Crippen molar-refractivity contribution in [3.63, 3.8) is 0 Å². The quantitative estimate of drug-likeness (QED) is 0.795. The van der Waals surface area contributed by atoms with Crippen LogP contribution in [0.25, 0.3) is 11.1 Å². The number of phenolic OH excluding ortho intramolecular Hbond substituents is 1. The van der Waals surface area contributed by atoms with Gasteiger partial charge in [0.25, 0.3) is 0 Å². The Morgan fingerprint density at radius 1 is 1.12 bits per heavy atom. The summed E-state index contributed by atoms with van der Waals surface area (Å²) in [4.78, 5) is 0. The first-order chi connectivity index (χ1) is 7.75. The van der Waals surface area contributed by atoms with Crippen molar-refractivity contribution in [1.29, 1.82) is 0 Å². The maximum absolute atomic E-state index is 9.60. The summed E-state index contributed by atoms with van der Waals surface area (Å²) in [6, 6.07) is 11.7. The number of hydrogen-bond acceptors (Lipinski definition) is 2. The van der Waals surface area contributed by atoms with Crippen molar-refractivity contribution >= 4 is 15.9 Å². The standard InChI is InChI=1S/C13H9BrO2/c14-11-5-10-9-4-2-1-3-8(9)7-16-13(10)6-12(11)15/h1-6,15H,7H2. The van der Waals surface area contributed by atoms with Crippen LogP contribution in [0.5, 0.6) is 11.5 Å². The first kappa shape index (κ1) is 9.73. The number of halogens is 1. The summed E-state index contributed by atoms with van der Waals surface area (Å²) in [6.07, 6.45) is 0. The molecule has 0 unspecified atom stereocenters. The van der Waals surface area contributed by atoms with Gasteiger partial charge in [-0.2, -0.15) is 0 Å². The van der Waals surface area contributed by atoms with Crippen molar-refractivity contribution < 1.29 is 9.84 Å². The minimum absolute atomic E-state index is 0.207. The first-order valence-electron chi connectivity index (χ1n) is 4.99. The summed E-state index contributed by atoms with van der Waals surface area (Å²) in [5.41, 5.74) is 3.36. The van der Waals surface area contributed by atoms with Crippen LogP contribution >= 0.6 is 15.9 Å². The monoisotopic (exact) mass is 276 g/mol. The first-order valence-corrected chi connectivity index (χ1v) is 5.78. The Morgan fingerprint density at radius 3 is 2.81 bits per heavy atom. The molecular weight excluding hydrogens is 268 g/mol. The molecule has 80 valence electrons. The van der Waals surface area contributed by atoms with Crippen LogP contribution in [-0.2, 0) is 6.61 Å². The predicted octanol–water partition coefficient (Wildman–Crippen LogP) is 3.71. The van der Waals surface area contributed by atoms with E-state index in [4.69, 9.17) is 4.74 Å². The molecule has 0 atom stereocenters. The zero-order valence-electron chi connectivity index (χ0n) is 8.40. The Kier molecular flexibility index (Phi) is 2.14. The molecule has 1 aliphatic rings. The number of aromatic hydroxyl groups is 1. The lowest BCUT2D eigenvalue weighted by Gasteiger charge is -2.21. The zero-order valence-corrected chi connectivity index (χ0v) is 9.99. The molecule has 2 nitrogen and oxygen atoms in total. The largest absolute Gasteiger partial charge is 0.507 e. The van der Waals surface area contributed by atoms with E-state index in [0.29, 0.717) is 11.1 Å². The molecule has 2 aromatic carbocycles. The minimum Gasteiger partial charge on any atom is -0.507 e. The van der Waals surface area contributed by atoms with Crippen LogP contribution < -0.4 is 4.74 Å². The van der Waals surface area contributed by atoms with Gasteiger partial charge in [-0.15, -0.1) is 0 Å². The van der Waals surface area contributed by atoms with E-state index in [1.54, 1.807) is 6.07 Å². The van der Waals surface area contributed by atoms with Crippen molar-refractivity contribution in [1.82, 2.24) is 0 Å². The van der Waals surface area contributed by atoms with E-state index in [1.165, 1.54) is 11.1 Å². The van der Waals surface area contributed by atoms with Gasteiger partial charge in [0.1, 0.15) is 18.1 Å². The number of ether oxygens (including phenoxy) is 1. The molecule has 0 radical (unpaired) electrons. The van der Waals surface area contributed by atoms with Crippen LogP contribution in [0.1, 0.15) is 5.56 Å². The SMILES string of the molecule is Oc1cc2c(cc1Br)-c1ccccc1CO2. The van der Waals surface area contributed by atoms with Crippen molar-refractivity contribution in [2.45, 2.75) is 6.61 Å². The molecule has 1 heterocycles. The van der Waals surface area contributed by atoms with E-state index in [1.807, 2.05) is 18.2 Å². The van der Waals surface area contributed by atoms with Crippen LogP contribution in [0.3, 0.4) is 0 Å². The number of fused-ring (bicyclic) bond motifs is 3. The molecule has 0 spiro atoms. The van der Waals surface area contributed by atoms with Crippen LogP contribution in [0.4, 0.5) is 0 Å². The molecule has 0 saturated heterocycles. The van der Waals surface area contributed by atoms with E-state index in [2.05, 4.69) is 28.1 Å². The highest BCUT2D eigenvalue weighted by Crippen LogP contribution is 2.42. The highest BCUT2D eigenvalue weighted by Gasteiger charge is 2.18. The molecule has 0 aromatic heterocycles. The molecular formula is C13H9BrO2. The molecule has 16 heavy (non-hydrogen) atoms. The summed E-state index contributed by atoms with van der Waals surface area (Å²) in [6.45, 7) is 0.560. The normalized spacial score (nSPS) is 12.6. The predicted molar refractivity (Wildman–Crippen MR) is 65.6 cm³/mol. The number of phenols is 1. The fourth-order valence-corrected chi connectivity index (χ4v) is 2.28. The third-order valence-corrected chi connectivity index (χ3v) is 3.37. The van der Waals surface area contributed by atoms with Crippen LogP contribution in [-0.4, -0.2) is 5.11 Å². The number of hydrogen-bond donors (Lipinski definition) is 1. The van der Waals surface area contributed by atoms with E-state index in [0.717, 1.165) is 11.3 Å². The maximum Gasteiger partial charge on any atom is 0.133 e. The lowest BCUT2D eigenvalue weighted by Crippen LogP contribution is -2.04. The second-order valence-electron chi connectivity index (χ2n) is 3.75. The van der Waals surface area contributed by atoms with Gasteiger partial charge >= 0.3 is 0 Å². The van der Waals surface area contributed by atoms with Gasteiger partial charge in [0.2, 0.25) is 0 Å². The Bertz CT molecular complexity index is 564. The van der Waals surface area contributed by atoms with Crippen molar-refractivity contribution in [2.75, 3.05) is 0 Å². The summed E-state index contributed by atoms with van der Waals surface area (Å²) < 4.78 is 6.29. The Labute approximate surface area is 102 Å². The van der Waals surface area contributed by atoms with Gasteiger partial charge in [-0.3, -0.25) is 0 Å². The molecule has 1 aliphatic heterocycles. The molecule has 0 saturated carbocycles. The minimum atomic E-state index is 0.207. The fraction of sp³-hybridized carbons (Fsp3) is 0.0769. The molecule has 0 fully saturated rings. The van der Waals surface area contributed by atoms with Crippen molar-refractivity contribution in [2.24, 2.45) is 0 Å². The summed E-state index contributed by atoms with van der Waals surface area (Å²) >= 11 is 3.32. The highest BCUT2D eigenvalue weighted by atomic mass is 79.9.